The average Bonchev–Trinajstić information content (AvgIpc) is 2.37. The molecule has 2 N–H and O–H groups in total. The van der Waals surface area contributed by atoms with Crippen molar-refractivity contribution in [3.8, 4) is 5.75 Å². The Morgan fingerprint density at radius 1 is 1.00 bits per heavy atom. The summed E-state index contributed by atoms with van der Waals surface area (Å²) < 4.78 is 5.77. The van der Waals surface area contributed by atoms with E-state index in [-0.39, 0.29) is 6.10 Å². The van der Waals surface area contributed by atoms with Gasteiger partial charge in [0.1, 0.15) is 5.75 Å². The zero-order chi connectivity index (χ0) is 14.7. The summed E-state index contributed by atoms with van der Waals surface area (Å²) in [7, 11) is 0. The second-order valence-corrected chi connectivity index (χ2v) is 6.04. The van der Waals surface area contributed by atoms with Gasteiger partial charge in [-0.15, -0.1) is 0 Å². The highest BCUT2D eigenvalue weighted by Crippen LogP contribution is 2.27. The molecule has 0 spiro atoms. The van der Waals surface area contributed by atoms with Gasteiger partial charge < -0.3 is 15.4 Å². The first kappa shape index (κ1) is 15.0. The minimum Gasteiger partial charge on any atom is -0.491 e. The lowest BCUT2D eigenvalue weighted by Crippen LogP contribution is -2.48. The summed E-state index contributed by atoms with van der Waals surface area (Å²) in [4.78, 5) is 4.90. The number of nitrogens with two attached hydrogens (primary N) is 1. The van der Waals surface area contributed by atoms with Crippen molar-refractivity contribution in [3.63, 3.8) is 0 Å². The normalized spacial score (nSPS) is 17.0. The zero-order valence-corrected chi connectivity index (χ0v) is 13.1. The Hall–Kier alpha value is -1.42. The molecule has 1 fully saturated rings. The van der Waals surface area contributed by atoms with Crippen LogP contribution in [0.1, 0.15) is 27.7 Å². The Balaban J connectivity index is 2.07. The Morgan fingerprint density at radius 3 is 2.20 bits per heavy atom. The van der Waals surface area contributed by atoms with Gasteiger partial charge in [0.05, 0.1) is 6.10 Å². The molecule has 0 bridgehead atoms. The molecule has 1 heterocycles. The standard InChI is InChI=1S/C16H27N3O/c1-12(2)18-5-7-19(8-6-18)15-9-14(17)10-16(11-15)20-13(3)4/h9-13H,5-8,17H2,1-4H3. The van der Waals surface area contributed by atoms with Gasteiger partial charge in [0.15, 0.2) is 0 Å². The molecule has 0 aromatic heterocycles. The lowest BCUT2D eigenvalue weighted by atomic mass is 10.2. The van der Waals surface area contributed by atoms with Crippen molar-refractivity contribution in [2.45, 2.75) is 39.8 Å². The van der Waals surface area contributed by atoms with E-state index in [9.17, 15) is 0 Å². The highest BCUT2D eigenvalue weighted by Gasteiger charge is 2.19. The molecule has 0 radical (unpaired) electrons. The number of nitrogen functional groups attached to an aromatic ring is 1. The van der Waals surface area contributed by atoms with Crippen LogP contribution in [0.3, 0.4) is 0 Å². The molecule has 20 heavy (non-hydrogen) atoms. The van der Waals surface area contributed by atoms with Crippen molar-refractivity contribution in [2.24, 2.45) is 0 Å². The molecule has 0 amide bonds. The van der Waals surface area contributed by atoms with Gasteiger partial charge in [0.25, 0.3) is 0 Å². The zero-order valence-electron chi connectivity index (χ0n) is 13.1. The van der Waals surface area contributed by atoms with Crippen molar-refractivity contribution in [1.82, 2.24) is 4.90 Å². The maximum Gasteiger partial charge on any atom is 0.123 e. The first-order valence-corrected chi connectivity index (χ1v) is 7.52. The largest absolute Gasteiger partial charge is 0.491 e. The predicted octanol–water partition coefficient (Wildman–Crippen LogP) is 2.59. The average molecular weight is 277 g/mol. The van der Waals surface area contributed by atoms with Crippen molar-refractivity contribution in [1.29, 1.82) is 0 Å². The van der Waals surface area contributed by atoms with Crippen LogP contribution in [-0.2, 0) is 0 Å². The minimum absolute atomic E-state index is 0.169. The Morgan fingerprint density at radius 2 is 1.65 bits per heavy atom. The fraction of sp³-hybridized carbons (Fsp3) is 0.625. The molecule has 4 heteroatoms. The number of hydrogen-bond donors (Lipinski definition) is 1. The third kappa shape index (κ3) is 3.79. The van der Waals surface area contributed by atoms with E-state index in [0.29, 0.717) is 6.04 Å². The summed E-state index contributed by atoms with van der Waals surface area (Å²) in [5.74, 6) is 0.862. The number of hydrogen-bond acceptors (Lipinski definition) is 4. The van der Waals surface area contributed by atoms with E-state index in [0.717, 1.165) is 37.6 Å². The molecule has 1 aromatic carbocycles. The third-order valence-corrected chi connectivity index (χ3v) is 3.70. The number of anilines is 2. The van der Waals surface area contributed by atoms with E-state index in [1.165, 1.54) is 5.69 Å². The Labute approximate surface area is 122 Å². The predicted molar refractivity (Wildman–Crippen MR) is 85.5 cm³/mol. The van der Waals surface area contributed by atoms with Crippen LogP contribution in [0.4, 0.5) is 11.4 Å². The number of benzene rings is 1. The molecular weight excluding hydrogens is 250 g/mol. The van der Waals surface area contributed by atoms with Gasteiger partial charge in [-0.3, -0.25) is 4.90 Å². The molecule has 1 saturated heterocycles. The summed E-state index contributed by atoms with van der Waals surface area (Å²) in [5, 5.41) is 0. The highest BCUT2D eigenvalue weighted by atomic mass is 16.5. The molecule has 112 valence electrons. The number of ether oxygens (including phenoxy) is 1. The highest BCUT2D eigenvalue weighted by molar-refractivity contribution is 5.60. The van der Waals surface area contributed by atoms with Crippen molar-refractivity contribution >= 4 is 11.4 Å². The summed E-state index contributed by atoms with van der Waals surface area (Å²) in [5.41, 5.74) is 7.94. The van der Waals surface area contributed by atoms with Crippen LogP contribution < -0.4 is 15.4 Å². The Bertz CT molecular complexity index is 437. The first-order valence-electron chi connectivity index (χ1n) is 7.52. The van der Waals surface area contributed by atoms with Crippen LogP contribution in [0.5, 0.6) is 5.75 Å². The fourth-order valence-corrected chi connectivity index (χ4v) is 2.63. The SMILES string of the molecule is CC(C)Oc1cc(N)cc(N2CCN(C(C)C)CC2)c1. The summed E-state index contributed by atoms with van der Waals surface area (Å²) in [6.07, 6.45) is 0.169. The molecule has 1 aromatic rings. The van der Waals surface area contributed by atoms with Gasteiger partial charge in [0, 0.05) is 55.7 Å². The fourth-order valence-electron chi connectivity index (χ4n) is 2.63. The second kappa shape index (κ2) is 6.35. The van der Waals surface area contributed by atoms with Crippen LogP contribution in [0.2, 0.25) is 0 Å². The molecule has 0 aliphatic carbocycles. The van der Waals surface area contributed by atoms with Crippen molar-refractivity contribution < 1.29 is 4.74 Å². The van der Waals surface area contributed by atoms with E-state index in [1.54, 1.807) is 0 Å². The number of rotatable bonds is 4. The summed E-state index contributed by atoms with van der Waals surface area (Å²) in [6.45, 7) is 12.9. The molecule has 1 aliphatic heterocycles. The maximum absolute atomic E-state index is 6.00. The van der Waals surface area contributed by atoms with Crippen molar-refractivity contribution in [2.75, 3.05) is 36.8 Å². The molecule has 1 aliphatic rings. The molecule has 0 saturated carbocycles. The van der Waals surface area contributed by atoms with Gasteiger partial charge in [-0.1, -0.05) is 0 Å². The van der Waals surface area contributed by atoms with E-state index in [1.807, 2.05) is 26.0 Å². The maximum atomic E-state index is 6.00. The monoisotopic (exact) mass is 277 g/mol. The molecule has 0 unspecified atom stereocenters. The minimum atomic E-state index is 0.169. The van der Waals surface area contributed by atoms with E-state index >= 15 is 0 Å². The van der Waals surface area contributed by atoms with Crippen LogP contribution in [0, 0.1) is 0 Å². The summed E-state index contributed by atoms with van der Waals surface area (Å²) >= 11 is 0. The Kier molecular flexibility index (Phi) is 4.76. The lowest BCUT2D eigenvalue weighted by molar-refractivity contribution is 0.209. The quantitative estimate of drug-likeness (QED) is 0.859. The topological polar surface area (TPSA) is 41.7 Å². The smallest absolute Gasteiger partial charge is 0.123 e. The van der Waals surface area contributed by atoms with Crippen LogP contribution in [0.25, 0.3) is 0 Å². The van der Waals surface area contributed by atoms with E-state index in [2.05, 4.69) is 29.7 Å². The summed E-state index contributed by atoms with van der Waals surface area (Å²) in [6, 6.07) is 6.66. The molecule has 0 atom stereocenters. The van der Waals surface area contributed by atoms with Gasteiger partial charge in [-0.2, -0.15) is 0 Å². The first-order chi connectivity index (χ1) is 9.45. The van der Waals surface area contributed by atoms with Crippen LogP contribution in [0.15, 0.2) is 18.2 Å². The molecule has 4 nitrogen and oxygen atoms in total. The van der Waals surface area contributed by atoms with Gasteiger partial charge in [0.2, 0.25) is 0 Å². The van der Waals surface area contributed by atoms with Gasteiger partial charge in [-0.05, 0) is 33.8 Å². The van der Waals surface area contributed by atoms with E-state index < -0.39 is 0 Å². The van der Waals surface area contributed by atoms with Crippen LogP contribution >= 0.6 is 0 Å². The number of nitrogens with zero attached hydrogens (tertiary/aromatic N) is 2. The van der Waals surface area contributed by atoms with Gasteiger partial charge >= 0.3 is 0 Å². The van der Waals surface area contributed by atoms with Crippen LogP contribution in [-0.4, -0.2) is 43.2 Å². The molecule has 2 rings (SSSR count). The molecular formula is C16H27N3O. The number of piperazine rings is 1. The second-order valence-electron chi connectivity index (χ2n) is 6.04. The van der Waals surface area contributed by atoms with Crippen molar-refractivity contribution in [3.05, 3.63) is 18.2 Å². The van der Waals surface area contributed by atoms with Gasteiger partial charge in [-0.25, -0.2) is 0 Å². The lowest BCUT2D eigenvalue weighted by Gasteiger charge is -2.38. The third-order valence-electron chi connectivity index (χ3n) is 3.70. The van der Waals surface area contributed by atoms with E-state index in [4.69, 9.17) is 10.5 Å².